The molecule has 0 aliphatic carbocycles. The number of piperidine rings is 2. The van der Waals surface area contributed by atoms with E-state index in [1.54, 1.807) is 13.8 Å². The van der Waals surface area contributed by atoms with Gasteiger partial charge in [0.2, 0.25) is 0 Å². The molecule has 0 radical (unpaired) electrons. The molecule has 2 aliphatic rings. The molecule has 2 heterocycles. The monoisotopic (exact) mass is 646 g/mol. The number of esters is 2. The number of ketones is 2. The van der Waals surface area contributed by atoms with Crippen LogP contribution in [0.2, 0.25) is 0 Å². The van der Waals surface area contributed by atoms with Gasteiger partial charge < -0.3 is 20.1 Å². The number of ether oxygens (including phenoxy) is 2. The molecule has 4 aromatic rings. The van der Waals surface area contributed by atoms with Gasteiger partial charge in [0.05, 0.1) is 25.3 Å². The van der Waals surface area contributed by atoms with Gasteiger partial charge in [0, 0.05) is 24.9 Å². The van der Waals surface area contributed by atoms with Crippen LogP contribution in [0.25, 0.3) is 0 Å². The van der Waals surface area contributed by atoms with Gasteiger partial charge in [-0.1, -0.05) is 121 Å². The topological polar surface area (TPSA) is 111 Å². The maximum Gasteiger partial charge on any atom is 0.318 e. The van der Waals surface area contributed by atoms with Crippen LogP contribution in [0, 0.1) is 11.8 Å². The average molecular weight is 647 g/mol. The van der Waals surface area contributed by atoms with Crippen LogP contribution < -0.4 is 10.6 Å². The molecule has 0 spiro atoms. The summed E-state index contributed by atoms with van der Waals surface area (Å²) in [5, 5.41) is 6.97. The normalized spacial score (nSPS) is 23.7. The molecule has 2 N–H and O–H groups in total. The molecule has 0 bridgehead atoms. The van der Waals surface area contributed by atoms with Crippen molar-refractivity contribution in [2.75, 3.05) is 13.2 Å². The van der Waals surface area contributed by atoms with Crippen LogP contribution in [0.1, 0.15) is 73.1 Å². The van der Waals surface area contributed by atoms with E-state index < -0.39 is 23.8 Å². The predicted molar refractivity (Wildman–Crippen MR) is 182 cm³/mol. The maximum absolute atomic E-state index is 12.7. The number of rotatable bonds is 8. The Kier molecular flexibility index (Phi) is 12.0. The van der Waals surface area contributed by atoms with Crippen molar-refractivity contribution >= 4 is 23.5 Å². The van der Waals surface area contributed by atoms with Gasteiger partial charge in [-0.3, -0.25) is 19.2 Å². The molecule has 2 aliphatic heterocycles. The first kappa shape index (κ1) is 34.4. The molecular weight excluding hydrogens is 604 g/mol. The maximum atomic E-state index is 12.7. The number of Topliss-reactive ketones (excluding diaryl/α,β-unsaturated/α-hetero) is 2. The lowest BCUT2D eigenvalue weighted by Gasteiger charge is -2.35. The zero-order valence-corrected chi connectivity index (χ0v) is 27.3. The molecule has 8 heteroatoms. The third-order valence-corrected chi connectivity index (χ3v) is 8.73. The highest BCUT2D eigenvalue weighted by Gasteiger charge is 2.44. The molecule has 48 heavy (non-hydrogen) atoms. The molecular formula is C40H42N2O6. The quantitative estimate of drug-likeness (QED) is 0.167. The van der Waals surface area contributed by atoms with E-state index in [-0.39, 0.29) is 61.8 Å². The first-order valence-electron chi connectivity index (χ1n) is 16.5. The van der Waals surface area contributed by atoms with Crippen LogP contribution >= 0.6 is 0 Å². The van der Waals surface area contributed by atoms with E-state index in [1.807, 2.05) is 121 Å². The van der Waals surface area contributed by atoms with Crippen molar-refractivity contribution in [1.29, 1.82) is 0 Å². The van der Waals surface area contributed by atoms with Gasteiger partial charge in [0.25, 0.3) is 0 Å². The lowest BCUT2D eigenvalue weighted by molar-refractivity contribution is -0.156. The molecule has 2 saturated heterocycles. The molecule has 248 valence electrons. The fourth-order valence-electron chi connectivity index (χ4n) is 6.47. The highest BCUT2D eigenvalue weighted by Crippen LogP contribution is 2.37. The van der Waals surface area contributed by atoms with Crippen LogP contribution in [0.5, 0.6) is 0 Å². The molecule has 8 nitrogen and oxygen atoms in total. The van der Waals surface area contributed by atoms with Gasteiger partial charge in [0.15, 0.2) is 11.6 Å². The van der Waals surface area contributed by atoms with E-state index in [2.05, 4.69) is 10.6 Å². The number of nitrogens with one attached hydrogen (secondary N) is 2. The van der Waals surface area contributed by atoms with Crippen LogP contribution in [0.3, 0.4) is 0 Å². The number of hydrogen-bond acceptors (Lipinski definition) is 8. The summed E-state index contributed by atoms with van der Waals surface area (Å²) in [5.41, 5.74) is 3.94. The Morgan fingerprint density at radius 2 is 0.812 bits per heavy atom. The van der Waals surface area contributed by atoms with E-state index >= 15 is 0 Å². The Bertz CT molecular complexity index is 1520. The second kappa shape index (κ2) is 16.8. The molecule has 4 aromatic carbocycles. The number of carbonyl (C=O) groups excluding carboxylic acids is 4. The van der Waals surface area contributed by atoms with Crippen LogP contribution in [-0.2, 0) is 28.7 Å². The smallest absolute Gasteiger partial charge is 0.318 e. The Hall–Kier alpha value is -4.92. The predicted octanol–water partition coefficient (Wildman–Crippen LogP) is 6.42. The molecule has 0 amide bonds. The second-order valence-corrected chi connectivity index (χ2v) is 11.8. The fourth-order valence-corrected chi connectivity index (χ4v) is 6.47. The molecule has 0 saturated carbocycles. The summed E-state index contributed by atoms with van der Waals surface area (Å²) in [7, 11) is 0. The lowest BCUT2D eigenvalue weighted by atomic mass is 9.81. The summed E-state index contributed by atoms with van der Waals surface area (Å²) in [6.07, 6.45) is 0.577. The minimum absolute atomic E-state index is 0.0742. The first-order valence-corrected chi connectivity index (χ1v) is 16.5. The van der Waals surface area contributed by atoms with Crippen molar-refractivity contribution in [3.8, 4) is 0 Å². The van der Waals surface area contributed by atoms with Crippen molar-refractivity contribution in [1.82, 2.24) is 10.6 Å². The summed E-state index contributed by atoms with van der Waals surface area (Å²) < 4.78 is 10.3. The van der Waals surface area contributed by atoms with E-state index in [0.717, 1.165) is 22.3 Å². The third kappa shape index (κ3) is 8.32. The third-order valence-electron chi connectivity index (χ3n) is 8.73. The lowest BCUT2D eigenvalue weighted by Crippen LogP contribution is -2.46. The molecule has 0 aromatic heterocycles. The van der Waals surface area contributed by atoms with E-state index in [1.165, 1.54) is 0 Å². The average Bonchev–Trinajstić information content (AvgIpc) is 3.13. The van der Waals surface area contributed by atoms with Crippen molar-refractivity contribution in [3.05, 3.63) is 144 Å². The molecule has 6 rings (SSSR count). The largest absolute Gasteiger partial charge is 0.465 e. The van der Waals surface area contributed by atoms with Crippen LogP contribution in [-0.4, -0.2) is 36.7 Å². The van der Waals surface area contributed by atoms with Crippen molar-refractivity contribution in [2.24, 2.45) is 11.8 Å². The van der Waals surface area contributed by atoms with Crippen molar-refractivity contribution < 1.29 is 28.7 Å². The van der Waals surface area contributed by atoms with Gasteiger partial charge in [-0.05, 0) is 36.1 Å². The minimum Gasteiger partial charge on any atom is -0.465 e. The summed E-state index contributed by atoms with van der Waals surface area (Å²) >= 11 is 0. The van der Waals surface area contributed by atoms with Gasteiger partial charge >= 0.3 is 11.9 Å². The van der Waals surface area contributed by atoms with Gasteiger partial charge in [-0.2, -0.15) is 0 Å². The molecule has 0 unspecified atom stereocenters. The molecule has 6 atom stereocenters. The van der Waals surface area contributed by atoms with E-state index in [0.29, 0.717) is 0 Å². The van der Waals surface area contributed by atoms with Crippen LogP contribution in [0.15, 0.2) is 121 Å². The second-order valence-electron chi connectivity index (χ2n) is 11.8. The highest BCUT2D eigenvalue weighted by molar-refractivity contribution is 6.01. The highest BCUT2D eigenvalue weighted by atomic mass is 16.5. The Balaban J connectivity index is 0.000000188. The summed E-state index contributed by atoms with van der Waals surface area (Å²) in [4.78, 5) is 50.2. The zero-order chi connectivity index (χ0) is 33.9. The van der Waals surface area contributed by atoms with E-state index in [4.69, 9.17) is 9.47 Å². The SMILES string of the molecule is CCOC(=O)[C@H]1C(=O)C[C@H](c2ccccc2)N[C@@H]1c1ccccc1.CCOC(=O)[C@H]1C(=O)C[C@H](c2ccccc2)N[C@@H]1c1ccccc1. The summed E-state index contributed by atoms with van der Waals surface area (Å²) in [6.45, 7) is 4.05. The van der Waals surface area contributed by atoms with Gasteiger partial charge in [0.1, 0.15) is 11.8 Å². The fraction of sp³-hybridized carbons (Fsp3) is 0.300. The molecule has 2 fully saturated rings. The number of hydrogen-bond donors (Lipinski definition) is 2. The minimum atomic E-state index is -0.799. The Morgan fingerprint density at radius 3 is 1.10 bits per heavy atom. The number of carbonyl (C=O) groups is 4. The Morgan fingerprint density at radius 1 is 0.521 bits per heavy atom. The standard InChI is InChI=1S/2C20H21NO3/c2*1-2-24-20(23)18-17(22)13-16(14-9-5-3-6-10-14)21-19(18)15-11-7-4-8-12-15/h2*3-12,16,18-19,21H,2,13H2,1H3/t2*16-,18+,19-/m11/s1. The van der Waals surface area contributed by atoms with Gasteiger partial charge in [-0.25, -0.2) is 0 Å². The van der Waals surface area contributed by atoms with Gasteiger partial charge in [-0.15, -0.1) is 0 Å². The van der Waals surface area contributed by atoms with Crippen molar-refractivity contribution in [3.63, 3.8) is 0 Å². The summed E-state index contributed by atoms with van der Waals surface area (Å²) in [6, 6.07) is 38.0. The van der Waals surface area contributed by atoms with Crippen LogP contribution in [0.4, 0.5) is 0 Å². The summed E-state index contributed by atoms with van der Waals surface area (Å²) in [5.74, 6) is -2.64. The van der Waals surface area contributed by atoms with Crippen molar-refractivity contribution in [2.45, 2.75) is 50.9 Å². The van der Waals surface area contributed by atoms with E-state index in [9.17, 15) is 19.2 Å². The first-order chi connectivity index (χ1) is 23.4. The number of benzene rings is 4. The Labute approximate surface area is 281 Å². The zero-order valence-electron chi connectivity index (χ0n) is 27.3.